The molecule has 1 heterocycles. The lowest BCUT2D eigenvalue weighted by atomic mass is 10.1. The number of carbonyl (C=O) groups excluding carboxylic acids is 1. The Balaban J connectivity index is 1.43. The highest BCUT2D eigenvalue weighted by molar-refractivity contribution is 5.77. The molecule has 0 aliphatic rings. The van der Waals surface area contributed by atoms with E-state index in [1.54, 1.807) is 37.3 Å². The summed E-state index contributed by atoms with van der Waals surface area (Å²) in [5.74, 6) is 1.69. The molecule has 0 saturated heterocycles. The van der Waals surface area contributed by atoms with Gasteiger partial charge in [0.15, 0.2) is 18.1 Å². The zero-order valence-electron chi connectivity index (χ0n) is 18.8. The molecule has 1 aromatic heterocycles. The van der Waals surface area contributed by atoms with E-state index in [9.17, 15) is 4.79 Å². The second-order valence-electron chi connectivity index (χ2n) is 7.68. The minimum absolute atomic E-state index is 0.0984. The molecule has 7 nitrogen and oxygen atoms in total. The monoisotopic (exact) mass is 443 g/mol. The first-order valence-electron chi connectivity index (χ1n) is 10.5. The molecule has 0 atom stereocenters. The largest absolute Gasteiger partial charge is 0.493 e. The molecular weight excluding hydrogens is 418 g/mol. The normalized spacial score (nSPS) is 10.6. The van der Waals surface area contributed by atoms with E-state index in [4.69, 9.17) is 14.0 Å². The van der Waals surface area contributed by atoms with Gasteiger partial charge in [0, 0.05) is 24.7 Å². The lowest BCUT2D eigenvalue weighted by molar-refractivity contribution is -0.132. The Hall–Kier alpha value is -4.13. The van der Waals surface area contributed by atoms with Crippen LogP contribution in [0.15, 0.2) is 77.3 Å². The maximum atomic E-state index is 12.5. The molecule has 0 spiro atoms. The molecule has 168 valence electrons. The molecule has 1 amide bonds. The Morgan fingerprint density at radius 2 is 1.70 bits per heavy atom. The molecule has 0 saturated carbocycles. The van der Waals surface area contributed by atoms with Gasteiger partial charge in [-0.05, 0) is 42.8 Å². The quantitative estimate of drug-likeness (QED) is 0.391. The molecule has 4 rings (SSSR count). The van der Waals surface area contributed by atoms with E-state index >= 15 is 0 Å². The maximum Gasteiger partial charge on any atom is 0.260 e. The van der Waals surface area contributed by atoms with Crippen molar-refractivity contribution in [1.82, 2.24) is 15.0 Å². The number of aromatic nitrogens is 2. The van der Waals surface area contributed by atoms with E-state index < -0.39 is 0 Å². The van der Waals surface area contributed by atoms with E-state index in [2.05, 4.69) is 10.1 Å². The molecule has 0 bridgehead atoms. The fraction of sp³-hybridized carbons (Fsp3) is 0.192. The van der Waals surface area contributed by atoms with Gasteiger partial charge in [0.25, 0.3) is 11.8 Å². The van der Waals surface area contributed by atoms with E-state index in [-0.39, 0.29) is 12.5 Å². The number of likely N-dealkylation sites (N-methyl/N-ethyl adjacent to an activating group) is 1. The van der Waals surface area contributed by atoms with Gasteiger partial charge < -0.3 is 18.9 Å². The summed E-state index contributed by atoms with van der Waals surface area (Å²) >= 11 is 0. The summed E-state index contributed by atoms with van der Waals surface area (Å²) in [4.78, 5) is 18.6. The number of aryl methyl sites for hydroxylation is 1. The molecule has 7 heteroatoms. The smallest absolute Gasteiger partial charge is 0.260 e. The number of benzene rings is 3. The number of carbonyl (C=O) groups is 1. The van der Waals surface area contributed by atoms with Crippen LogP contribution in [0.1, 0.15) is 11.1 Å². The van der Waals surface area contributed by atoms with Gasteiger partial charge in [-0.15, -0.1) is 0 Å². The van der Waals surface area contributed by atoms with Crippen LogP contribution in [0.3, 0.4) is 0 Å². The van der Waals surface area contributed by atoms with Crippen LogP contribution in [0.2, 0.25) is 0 Å². The van der Waals surface area contributed by atoms with Crippen molar-refractivity contribution in [3.8, 4) is 34.3 Å². The van der Waals surface area contributed by atoms with Gasteiger partial charge in [-0.1, -0.05) is 53.2 Å². The van der Waals surface area contributed by atoms with Crippen molar-refractivity contribution in [3.63, 3.8) is 0 Å². The van der Waals surface area contributed by atoms with Gasteiger partial charge in [-0.3, -0.25) is 4.79 Å². The van der Waals surface area contributed by atoms with Crippen molar-refractivity contribution in [2.45, 2.75) is 13.5 Å². The number of ether oxygens (including phenoxy) is 2. The van der Waals surface area contributed by atoms with Gasteiger partial charge >= 0.3 is 0 Å². The first-order valence-corrected chi connectivity index (χ1v) is 10.5. The zero-order valence-corrected chi connectivity index (χ0v) is 18.8. The van der Waals surface area contributed by atoms with Crippen LogP contribution in [0.5, 0.6) is 11.5 Å². The van der Waals surface area contributed by atoms with Crippen molar-refractivity contribution in [1.29, 1.82) is 0 Å². The highest BCUT2D eigenvalue weighted by Crippen LogP contribution is 2.32. The molecule has 3 aromatic carbocycles. The molecule has 0 fully saturated rings. The van der Waals surface area contributed by atoms with Crippen molar-refractivity contribution < 1.29 is 18.8 Å². The molecule has 0 N–H and O–H groups in total. The average molecular weight is 444 g/mol. The van der Waals surface area contributed by atoms with E-state index in [0.717, 1.165) is 16.7 Å². The number of methoxy groups -OCH3 is 1. The number of nitrogens with zero attached hydrogens (tertiary/aromatic N) is 3. The summed E-state index contributed by atoms with van der Waals surface area (Å²) in [5, 5.41) is 4.08. The molecule has 0 aliphatic heterocycles. The average Bonchev–Trinajstić information content (AvgIpc) is 3.34. The lowest BCUT2D eigenvalue weighted by Gasteiger charge is -2.18. The van der Waals surface area contributed by atoms with Crippen LogP contribution in [0, 0.1) is 6.92 Å². The fourth-order valence-corrected chi connectivity index (χ4v) is 3.28. The molecule has 0 unspecified atom stereocenters. The van der Waals surface area contributed by atoms with Crippen molar-refractivity contribution in [3.05, 3.63) is 83.9 Å². The highest BCUT2D eigenvalue weighted by atomic mass is 16.5. The topological polar surface area (TPSA) is 77.7 Å². The van der Waals surface area contributed by atoms with E-state index in [1.807, 2.05) is 61.5 Å². The summed E-state index contributed by atoms with van der Waals surface area (Å²) in [6.07, 6.45) is 0. The minimum atomic E-state index is -0.133. The Bertz CT molecular complexity index is 1220. The SMILES string of the molecule is COc1cc(-c2noc(-c3ccc(C)cc3)n2)ccc1OCC(=O)N(C)Cc1ccccc1. The second kappa shape index (κ2) is 9.99. The van der Waals surface area contributed by atoms with Crippen molar-refractivity contribution in [2.75, 3.05) is 20.8 Å². The number of hydrogen-bond acceptors (Lipinski definition) is 6. The molecule has 4 aromatic rings. The first-order chi connectivity index (χ1) is 16.0. The van der Waals surface area contributed by atoms with Gasteiger partial charge in [0.1, 0.15) is 0 Å². The predicted molar refractivity (Wildman–Crippen MR) is 125 cm³/mol. The third-order valence-electron chi connectivity index (χ3n) is 5.19. The third-order valence-corrected chi connectivity index (χ3v) is 5.19. The number of hydrogen-bond donors (Lipinski definition) is 0. The molecule has 0 radical (unpaired) electrons. The summed E-state index contributed by atoms with van der Waals surface area (Å²) in [7, 11) is 3.30. The first kappa shape index (κ1) is 22.1. The summed E-state index contributed by atoms with van der Waals surface area (Å²) in [6.45, 7) is 2.44. The molecule has 0 aliphatic carbocycles. The summed E-state index contributed by atoms with van der Waals surface area (Å²) < 4.78 is 16.6. The summed E-state index contributed by atoms with van der Waals surface area (Å²) in [6, 6.07) is 23.0. The van der Waals surface area contributed by atoms with Crippen LogP contribution < -0.4 is 9.47 Å². The standard InChI is InChI=1S/C26H25N3O4/c1-18-9-11-20(12-10-18)26-27-25(28-33-26)21-13-14-22(23(15-21)31-3)32-17-24(30)29(2)16-19-7-5-4-6-8-19/h4-15H,16-17H2,1-3H3. The van der Waals surface area contributed by atoms with Gasteiger partial charge in [-0.25, -0.2) is 0 Å². The highest BCUT2D eigenvalue weighted by Gasteiger charge is 2.16. The fourth-order valence-electron chi connectivity index (χ4n) is 3.28. The third kappa shape index (κ3) is 5.38. The zero-order chi connectivity index (χ0) is 23.2. The summed E-state index contributed by atoms with van der Waals surface area (Å²) in [5.41, 5.74) is 3.78. The number of rotatable bonds is 8. The van der Waals surface area contributed by atoms with Crippen LogP contribution in [-0.2, 0) is 11.3 Å². The van der Waals surface area contributed by atoms with Crippen LogP contribution in [-0.4, -0.2) is 41.7 Å². The molecule has 33 heavy (non-hydrogen) atoms. The Kier molecular flexibility index (Phi) is 6.69. The van der Waals surface area contributed by atoms with E-state index in [1.165, 1.54) is 0 Å². The molecular formula is C26H25N3O4. The van der Waals surface area contributed by atoms with Crippen LogP contribution in [0.4, 0.5) is 0 Å². The Labute approximate surface area is 192 Å². The van der Waals surface area contributed by atoms with Gasteiger partial charge in [-0.2, -0.15) is 4.98 Å². The van der Waals surface area contributed by atoms with Crippen molar-refractivity contribution >= 4 is 5.91 Å². The number of amides is 1. The second-order valence-corrected chi connectivity index (χ2v) is 7.68. The Morgan fingerprint density at radius 3 is 2.42 bits per heavy atom. The van der Waals surface area contributed by atoms with Crippen LogP contribution in [0.25, 0.3) is 22.8 Å². The maximum absolute atomic E-state index is 12.5. The lowest BCUT2D eigenvalue weighted by Crippen LogP contribution is -2.31. The van der Waals surface area contributed by atoms with Crippen molar-refractivity contribution in [2.24, 2.45) is 0 Å². The van der Waals surface area contributed by atoms with E-state index in [0.29, 0.717) is 35.3 Å². The van der Waals surface area contributed by atoms with Crippen LogP contribution >= 0.6 is 0 Å². The minimum Gasteiger partial charge on any atom is -0.493 e. The van der Waals surface area contributed by atoms with Gasteiger partial charge in [0.05, 0.1) is 7.11 Å². The predicted octanol–water partition coefficient (Wildman–Crippen LogP) is 4.76. The van der Waals surface area contributed by atoms with Gasteiger partial charge in [0.2, 0.25) is 5.82 Å². The Morgan fingerprint density at radius 1 is 0.970 bits per heavy atom.